The molecule has 4 fully saturated rings. The Balaban J connectivity index is 0.751. The molecule has 5 aliphatic heterocycles. The number of likely N-dealkylation sites (tertiary alicyclic amines) is 1. The molecule has 0 radical (unpaired) electrons. The zero-order chi connectivity index (χ0) is 39.6. The van der Waals surface area contributed by atoms with Crippen molar-refractivity contribution in [3.8, 4) is 6.07 Å². The van der Waals surface area contributed by atoms with Gasteiger partial charge < -0.3 is 15.1 Å². The summed E-state index contributed by atoms with van der Waals surface area (Å²) >= 11 is 6.20. The van der Waals surface area contributed by atoms with Crippen molar-refractivity contribution in [2.75, 3.05) is 74.0 Å². The molecule has 296 valence electrons. The number of hydrogen-bond acceptors (Lipinski definition) is 12. The maximum Gasteiger partial charge on any atom is 0.262 e. The predicted octanol–water partition coefficient (Wildman–Crippen LogP) is 3.29. The molecule has 0 saturated carbocycles. The van der Waals surface area contributed by atoms with Gasteiger partial charge in [-0.15, -0.1) is 10.2 Å². The van der Waals surface area contributed by atoms with Crippen molar-refractivity contribution in [3.63, 3.8) is 0 Å². The van der Waals surface area contributed by atoms with Gasteiger partial charge in [-0.05, 0) is 99.1 Å². The van der Waals surface area contributed by atoms with Gasteiger partial charge in [-0.3, -0.25) is 44.0 Å². The number of fused-ring (bicyclic) bond motifs is 1. The number of aromatic nitrogens is 2. The predicted molar refractivity (Wildman–Crippen MR) is 212 cm³/mol. The molecule has 57 heavy (non-hydrogen) atoms. The van der Waals surface area contributed by atoms with Crippen LogP contribution in [0.5, 0.6) is 0 Å². The normalized spacial score (nSPS) is 21.4. The van der Waals surface area contributed by atoms with Gasteiger partial charge in [0.15, 0.2) is 11.6 Å². The molecule has 15 nitrogen and oxygen atoms in total. The first-order valence-electron chi connectivity index (χ1n) is 19.8. The topological polar surface area (TPSA) is 175 Å². The Morgan fingerprint density at radius 2 is 1.56 bits per heavy atom. The molecule has 4 saturated heterocycles. The third kappa shape index (κ3) is 8.34. The molecular formula is C41H45ClN10O5. The number of amides is 5. The molecule has 5 aliphatic rings. The minimum Gasteiger partial charge on any atom is -0.369 e. The first-order valence-corrected chi connectivity index (χ1v) is 20.1. The zero-order valence-corrected chi connectivity index (χ0v) is 32.4. The van der Waals surface area contributed by atoms with Crippen LogP contribution in [-0.2, 0) is 20.9 Å². The number of anilines is 3. The van der Waals surface area contributed by atoms with Gasteiger partial charge in [-0.1, -0.05) is 17.7 Å². The average Bonchev–Trinajstić information content (AvgIpc) is 3.47. The Kier molecular flexibility index (Phi) is 11.2. The Morgan fingerprint density at radius 1 is 0.807 bits per heavy atom. The van der Waals surface area contributed by atoms with Gasteiger partial charge in [0, 0.05) is 70.4 Å². The van der Waals surface area contributed by atoms with Crippen molar-refractivity contribution in [2.24, 2.45) is 11.8 Å². The van der Waals surface area contributed by atoms with E-state index in [4.69, 9.17) is 16.9 Å². The second-order valence-electron chi connectivity index (χ2n) is 15.6. The number of nitriles is 1. The van der Waals surface area contributed by atoms with Crippen LogP contribution in [0.4, 0.5) is 17.3 Å². The molecule has 0 aliphatic carbocycles. The van der Waals surface area contributed by atoms with E-state index in [1.54, 1.807) is 18.2 Å². The van der Waals surface area contributed by atoms with Crippen molar-refractivity contribution >= 4 is 58.5 Å². The lowest BCUT2D eigenvalue weighted by Gasteiger charge is -2.39. The van der Waals surface area contributed by atoms with Gasteiger partial charge >= 0.3 is 0 Å². The van der Waals surface area contributed by atoms with Gasteiger partial charge in [-0.2, -0.15) is 5.26 Å². The number of nitrogens with zero attached hydrogens (tertiary/aromatic N) is 8. The molecule has 1 aromatic heterocycles. The summed E-state index contributed by atoms with van der Waals surface area (Å²) in [6.45, 7) is 8.47. The standard InChI is InChI=1S/C41H45ClN10O5/c42-33-21-27(1-2-29(33)23-43)25-48-13-11-28(12-14-48)38(54)44-35-6-7-36(47-46-35)51-15-9-26(10-16-51)24-49-17-19-50(20-18-49)30-3-4-31-32(22-30)41(57)52(40(31)56)34-5-8-37(53)45-39(34)55/h1-4,6-7,21-22,26,28,34H,5,8-20,24-25H2,(H,44,46,54)(H,45,53,55). The number of piperidine rings is 3. The quantitative estimate of drug-likeness (QED) is 0.303. The van der Waals surface area contributed by atoms with E-state index in [1.165, 1.54) is 0 Å². The molecule has 3 aromatic rings. The van der Waals surface area contributed by atoms with E-state index in [9.17, 15) is 24.0 Å². The fourth-order valence-electron chi connectivity index (χ4n) is 8.70. The van der Waals surface area contributed by atoms with Crippen LogP contribution in [0, 0.1) is 23.2 Å². The number of halogens is 1. The smallest absolute Gasteiger partial charge is 0.262 e. The van der Waals surface area contributed by atoms with E-state index in [-0.39, 0.29) is 24.7 Å². The van der Waals surface area contributed by atoms with Crippen molar-refractivity contribution in [1.29, 1.82) is 5.26 Å². The summed E-state index contributed by atoms with van der Waals surface area (Å²) in [5.74, 6) is -0.271. The van der Waals surface area contributed by atoms with Gasteiger partial charge in [0.25, 0.3) is 11.8 Å². The summed E-state index contributed by atoms with van der Waals surface area (Å²) in [7, 11) is 0. The molecule has 1 atom stereocenters. The highest BCUT2D eigenvalue weighted by molar-refractivity contribution is 6.31. The Labute approximate surface area is 335 Å². The Hall–Kier alpha value is -5.43. The van der Waals surface area contributed by atoms with E-state index >= 15 is 0 Å². The molecular weight excluding hydrogens is 748 g/mol. The molecule has 0 bridgehead atoms. The van der Waals surface area contributed by atoms with Crippen LogP contribution >= 0.6 is 11.6 Å². The fraction of sp³-hybridized carbons (Fsp3) is 0.463. The van der Waals surface area contributed by atoms with Crippen LogP contribution in [0.15, 0.2) is 48.5 Å². The Morgan fingerprint density at radius 3 is 2.25 bits per heavy atom. The van der Waals surface area contributed by atoms with E-state index in [1.807, 2.05) is 30.3 Å². The third-order valence-corrected chi connectivity index (χ3v) is 12.3. The summed E-state index contributed by atoms with van der Waals surface area (Å²) in [5, 5.41) is 23.6. The van der Waals surface area contributed by atoms with E-state index in [2.05, 4.69) is 46.5 Å². The van der Waals surface area contributed by atoms with E-state index in [0.29, 0.717) is 33.4 Å². The minimum atomic E-state index is -0.974. The summed E-state index contributed by atoms with van der Waals surface area (Å²) in [4.78, 5) is 73.8. The number of nitrogens with one attached hydrogen (secondary N) is 2. The number of benzene rings is 2. The number of rotatable bonds is 9. The largest absolute Gasteiger partial charge is 0.369 e. The number of piperazine rings is 1. The van der Waals surface area contributed by atoms with Gasteiger partial charge in [0.1, 0.15) is 12.1 Å². The lowest BCUT2D eigenvalue weighted by Crippen LogP contribution is -2.54. The highest BCUT2D eigenvalue weighted by Gasteiger charge is 2.45. The summed E-state index contributed by atoms with van der Waals surface area (Å²) in [5.41, 5.74) is 2.99. The molecule has 6 heterocycles. The molecule has 5 amide bonds. The first kappa shape index (κ1) is 38.4. The second-order valence-corrected chi connectivity index (χ2v) is 16.0. The molecule has 2 N–H and O–H groups in total. The third-order valence-electron chi connectivity index (χ3n) is 12.0. The van der Waals surface area contributed by atoms with Crippen molar-refractivity contribution in [2.45, 2.75) is 51.1 Å². The molecule has 1 unspecified atom stereocenters. The monoisotopic (exact) mass is 792 g/mol. The molecule has 8 rings (SSSR count). The number of carbonyl (C=O) groups excluding carboxylic acids is 5. The second kappa shape index (κ2) is 16.6. The van der Waals surface area contributed by atoms with Crippen LogP contribution in [0.2, 0.25) is 5.02 Å². The van der Waals surface area contributed by atoms with E-state index < -0.39 is 29.7 Å². The maximum atomic E-state index is 13.3. The zero-order valence-electron chi connectivity index (χ0n) is 31.7. The molecule has 16 heteroatoms. The number of hydrogen-bond donors (Lipinski definition) is 2. The summed E-state index contributed by atoms with van der Waals surface area (Å²) < 4.78 is 0. The van der Waals surface area contributed by atoms with Crippen molar-refractivity contribution in [1.82, 2.24) is 30.2 Å². The SMILES string of the molecule is N#Cc1ccc(CN2CCC(C(=O)Nc3ccc(N4CCC(CN5CCN(c6ccc7c(c6)C(=O)N(C6CCC(=O)NC6=O)C7=O)CC5)CC4)nn3)CC2)cc1Cl. The lowest BCUT2D eigenvalue weighted by molar-refractivity contribution is -0.136. The fourth-order valence-corrected chi connectivity index (χ4v) is 8.95. The molecule has 0 spiro atoms. The highest BCUT2D eigenvalue weighted by atomic mass is 35.5. The number of carbonyl (C=O) groups is 5. The van der Waals surface area contributed by atoms with Crippen LogP contribution in [0.1, 0.15) is 70.4 Å². The van der Waals surface area contributed by atoms with Crippen molar-refractivity contribution < 1.29 is 24.0 Å². The first-order chi connectivity index (χ1) is 27.6. The van der Waals surface area contributed by atoms with Crippen LogP contribution < -0.4 is 20.4 Å². The summed E-state index contributed by atoms with van der Waals surface area (Å²) in [6, 6.07) is 15.7. The van der Waals surface area contributed by atoms with Gasteiger partial charge in [0.2, 0.25) is 17.7 Å². The minimum absolute atomic E-state index is 0.0306. The lowest BCUT2D eigenvalue weighted by atomic mass is 9.95. The number of imide groups is 2. The maximum absolute atomic E-state index is 13.3. The molecule has 2 aromatic carbocycles. The van der Waals surface area contributed by atoms with E-state index in [0.717, 1.165) is 113 Å². The Bertz CT molecular complexity index is 2100. The van der Waals surface area contributed by atoms with Gasteiger partial charge in [-0.25, -0.2) is 0 Å². The van der Waals surface area contributed by atoms with Crippen molar-refractivity contribution in [3.05, 3.63) is 75.8 Å². The summed E-state index contributed by atoms with van der Waals surface area (Å²) in [6.07, 6.45) is 3.81. The highest BCUT2D eigenvalue weighted by Crippen LogP contribution is 2.32. The average molecular weight is 793 g/mol. The van der Waals surface area contributed by atoms with Crippen LogP contribution in [-0.4, -0.2) is 119 Å². The van der Waals surface area contributed by atoms with Crippen LogP contribution in [0.3, 0.4) is 0 Å². The van der Waals surface area contributed by atoms with Gasteiger partial charge in [0.05, 0.1) is 21.7 Å². The van der Waals surface area contributed by atoms with Crippen LogP contribution in [0.25, 0.3) is 0 Å².